The summed E-state index contributed by atoms with van der Waals surface area (Å²) in [6.45, 7) is 6.41. The molecule has 0 aliphatic heterocycles. The highest BCUT2D eigenvalue weighted by atomic mass is 16.5. The lowest BCUT2D eigenvalue weighted by Gasteiger charge is -2.21. The van der Waals surface area contributed by atoms with Gasteiger partial charge in [-0.05, 0) is 26.8 Å². The summed E-state index contributed by atoms with van der Waals surface area (Å²) in [6.07, 6.45) is 2.19. The number of unbranched alkanes of at least 4 members (excludes halogenated alkanes) is 1. The third kappa shape index (κ3) is 10.4. The van der Waals surface area contributed by atoms with E-state index in [1.807, 2.05) is 11.9 Å². The van der Waals surface area contributed by atoms with Crippen LogP contribution in [0.25, 0.3) is 0 Å². The maximum Gasteiger partial charge on any atom is 0.0900 e. The summed E-state index contributed by atoms with van der Waals surface area (Å²) < 4.78 is 5.34. The molecule has 0 aliphatic rings. The Morgan fingerprint density at radius 1 is 1.31 bits per heavy atom. The van der Waals surface area contributed by atoms with Crippen LogP contribution in [-0.2, 0) is 4.74 Å². The predicted molar refractivity (Wildman–Crippen MR) is 65.5 cm³/mol. The standard InChI is InChI=1S/C12H27NO3/c1-4-5-8-16-10-12(15)9-13(3)7-6-11(2)14/h11-12,14-15H,4-10H2,1-3H3. The van der Waals surface area contributed by atoms with Crippen LogP contribution >= 0.6 is 0 Å². The van der Waals surface area contributed by atoms with Crippen LogP contribution in [0, 0.1) is 0 Å². The second-order valence-electron chi connectivity index (χ2n) is 4.48. The molecule has 0 aromatic heterocycles. The monoisotopic (exact) mass is 233 g/mol. The van der Waals surface area contributed by atoms with E-state index >= 15 is 0 Å². The molecular weight excluding hydrogens is 206 g/mol. The smallest absolute Gasteiger partial charge is 0.0900 e. The second-order valence-corrected chi connectivity index (χ2v) is 4.48. The highest BCUT2D eigenvalue weighted by Gasteiger charge is 2.08. The van der Waals surface area contributed by atoms with Crippen LogP contribution in [0.5, 0.6) is 0 Å². The number of likely N-dealkylation sites (N-methyl/N-ethyl adjacent to an activating group) is 1. The molecule has 0 aliphatic carbocycles. The van der Waals surface area contributed by atoms with E-state index < -0.39 is 6.10 Å². The minimum absolute atomic E-state index is 0.277. The van der Waals surface area contributed by atoms with Gasteiger partial charge in [0.1, 0.15) is 0 Å². The fraction of sp³-hybridized carbons (Fsp3) is 1.00. The average Bonchev–Trinajstić information content (AvgIpc) is 2.21. The maximum atomic E-state index is 9.65. The summed E-state index contributed by atoms with van der Waals surface area (Å²) in [6, 6.07) is 0. The van der Waals surface area contributed by atoms with Gasteiger partial charge in [0.05, 0.1) is 18.8 Å². The van der Waals surface area contributed by atoms with E-state index in [4.69, 9.17) is 9.84 Å². The summed E-state index contributed by atoms with van der Waals surface area (Å²) in [5, 5.41) is 18.8. The van der Waals surface area contributed by atoms with Crippen molar-refractivity contribution in [1.29, 1.82) is 0 Å². The number of hydrogen-bond donors (Lipinski definition) is 2. The Hall–Kier alpha value is -0.160. The molecule has 0 saturated heterocycles. The van der Waals surface area contributed by atoms with Crippen LogP contribution in [-0.4, -0.2) is 60.7 Å². The number of hydrogen-bond acceptors (Lipinski definition) is 4. The van der Waals surface area contributed by atoms with Gasteiger partial charge in [0.15, 0.2) is 0 Å². The first-order valence-electron chi connectivity index (χ1n) is 6.18. The second kappa shape index (κ2) is 10.0. The molecule has 0 saturated carbocycles. The Labute approximate surface area is 99.2 Å². The first-order valence-corrected chi connectivity index (χ1v) is 6.18. The molecule has 4 heteroatoms. The van der Waals surface area contributed by atoms with Crippen LogP contribution in [0.2, 0.25) is 0 Å². The molecule has 0 radical (unpaired) electrons. The molecule has 2 atom stereocenters. The highest BCUT2D eigenvalue weighted by molar-refractivity contribution is 4.62. The van der Waals surface area contributed by atoms with Gasteiger partial charge in [0, 0.05) is 19.7 Å². The minimum atomic E-state index is -0.434. The molecular formula is C12H27NO3. The van der Waals surface area contributed by atoms with E-state index in [1.54, 1.807) is 6.92 Å². The van der Waals surface area contributed by atoms with Gasteiger partial charge in [0.2, 0.25) is 0 Å². The Morgan fingerprint density at radius 2 is 2.00 bits per heavy atom. The predicted octanol–water partition coefficient (Wildman–Crippen LogP) is 0.867. The molecule has 0 rings (SSSR count). The third-order valence-corrected chi connectivity index (χ3v) is 2.40. The maximum absolute atomic E-state index is 9.65. The molecule has 2 N–H and O–H groups in total. The zero-order chi connectivity index (χ0) is 12.4. The van der Waals surface area contributed by atoms with Gasteiger partial charge in [-0.3, -0.25) is 0 Å². The normalized spacial score (nSPS) is 15.4. The topological polar surface area (TPSA) is 52.9 Å². The zero-order valence-corrected chi connectivity index (χ0v) is 10.9. The van der Waals surface area contributed by atoms with Crippen LogP contribution < -0.4 is 0 Å². The molecule has 0 fully saturated rings. The number of aliphatic hydroxyl groups is 2. The number of aliphatic hydroxyl groups excluding tert-OH is 2. The first kappa shape index (κ1) is 15.8. The quantitative estimate of drug-likeness (QED) is 0.550. The summed E-state index contributed by atoms with van der Waals surface area (Å²) in [7, 11) is 1.94. The number of rotatable bonds is 10. The molecule has 0 spiro atoms. The van der Waals surface area contributed by atoms with Crippen LogP contribution in [0.1, 0.15) is 33.1 Å². The van der Waals surface area contributed by atoms with Crippen molar-refractivity contribution < 1.29 is 14.9 Å². The van der Waals surface area contributed by atoms with E-state index in [-0.39, 0.29) is 6.10 Å². The minimum Gasteiger partial charge on any atom is -0.393 e. The zero-order valence-electron chi connectivity index (χ0n) is 10.9. The lowest BCUT2D eigenvalue weighted by molar-refractivity contribution is 0.0182. The molecule has 98 valence electrons. The highest BCUT2D eigenvalue weighted by Crippen LogP contribution is 1.97. The van der Waals surface area contributed by atoms with Crippen molar-refractivity contribution in [3.63, 3.8) is 0 Å². The summed E-state index contributed by atoms with van der Waals surface area (Å²) in [5.74, 6) is 0. The molecule has 2 unspecified atom stereocenters. The average molecular weight is 233 g/mol. The van der Waals surface area contributed by atoms with Gasteiger partial charge in [-0.2, -0.15) is 0 Å². The largest absolute Gasteiger partial charge is 0.393 e. The molecule has 4 nitrogen and oxygen atoms in total. The van der Waals surface area contributed by atoms with Crippen molar-refractivity contribution in [3.05, 3.63) is 0 Å². The van der Waals surface area contributed by atoms with E-state index in [0.29, 0.717) is 13.2 Å². The number of nitrogens with zero attached hydrogens (tertiary/aromatic N) is 1. The van der Waals surface area contributed by atoms with E-state index in [0.717, 1.165) is 32.4 Å². The molecule has 0 amide bonds. The van der Waals surface area contributed by atoms with Gasteiger partial charge >= 0.3 is 0 Å². The molecule has 0 heterocycles. The van der Waals surface area contributed by atoms with Crippen molar-refractivity contribution in [2.75, 3.05) is 33.4 Å². The van der Waals surface area contributed by atoms with E-state index in [1.165, 1.54) is 0 Å². The molecule has 0 aromatic rings. The Morgan fingerprint density at radius 3 is 2.56 bits per heavy atom. The molecule has 0 bridgehead atoms. The van der Waals surface area contributed by atoms with Crippen molar-refractivity contribution in [2.45, 2.75) is 45.3 Å². The summed E-state index contributed by atoms with van der Waals surface area (Å²) in [5.41, 5.74) is 0. The lowest BCUT2D eigenvalue weighted by Crippen LogP contribution is -2.33. The SMILES string of the molecule is CCCCOCC(O)CN(C)CCC(C)O. The van der Waals surface area contributed by atoms with Gasteiger partial charge in [0.25, 0.3) is 0 Å². The lowest BCUT2D eigenvalue weighted by atomic mass is 10.2. The van der Waals surface area contributed by atoms with Crippen LogP contribution in [0.4, 0.5) is 0 Å². The Balaban J connectivity index is 3.42. The van der Waals surface area contributed by atoms with Crippen molar-refractivity contribution in [1.82, 2.24) is 4.90 Å². The summed E-state index contributed by atoms with van der Waals surface area (Å²) in [4.78, 5) is 2.01. The fourth-order valence-electron chi connectivity index (χ4n) is 1.38. The van der Waals surface area contributed by atoms with Gasteiger partial charge in [-0.15, -0.1) is 0 Å². The van der Waals surface area contributed by atoms with Crippen molar-refractivity contribution in [3.8, 4) is 0 Å². The van der Waals surface area contributed by atoms with Crippen molar-refractivity contribution >= 4 is 0 Å². The summed E-state index contributed by atoms with van der Waals surface area (Å²) >= 11 is 0. The van der Waals surface area contributed by atoms with Crippen LogP contribution in [0.15, 0.2) is 0 Å². The van der Waals surface area contributed by atoms with Gasteiger partial charge in [-0.25, -0.2) is 0 Å². The van der Waals surface area contributed by atoms with Crippen LogP contribution in [0.3, 0.4) is 0 Å². The first-order chi connectivity index (χ1) is 7.56. The van der Waals surface area contributed by atoms with Gasteiger partial charge < -0.3 is 19.8 Å². The van der Waals surface area contributed by atoms with Gasteiger partial charge in [-0.1, -0.05) is 13.3 Å². The van der Waals surface area contributed by atoms with Crippen molar-refractivity contribution in [2.24, 2.45) is 0 Å². The number of ether oxygens (including phenoxy) is 1. The third-order valence-electron chi connectivity index (χ3n) is 2.40. The Kier molecular flexibility index (Phi) is 9.92. The molecule has 0 aromatic carbocycles. The molecule has 16 heavy (non-hydrogen) atoms. The van der Waals surface area contributed by atoms with E-state index in [9.17, 15) is 5.11 Å². The fourth-order valence-corrected chi connectivity index (χ4v) is 1.38. The van der Waals surface area contributed by atoms with E-state index in [2.05, 4.69) is 6.92 Å². The Bertz CT molecular complexity index is 153.